The average molecular weight is 293 g/mol. The fraction of sp³-hybridized carbons (Fsp3) is 0.571. The van der Waals surface area contributed by atoms with Crippen LogP contribution in [0.5, 0.6) is 0 Å². The molecule has 0 unspecified atom stereocenters. The molecule has 10 heteroatoms. The van der Waals surface area contributed by atoms with Crippen LogP contribution >= 0.6 is 10.7 Å². The number of ether oxygens (including phenoxy) is 1. The van der Waals surface area contributed by atoms with Crippen molar-refractivity contribution in [3.8, 4) is 0 Å². The fourth-order valence-corrected chi connectivity index (χ4v) is 1.60. The van der Waals surface area contributed by atoms with Crippen LogP contribution in [0.4, 0.5) is 13.2 Å². The minimum absolute atomic E-state index is 0.00247. The molecule has 1 aromatic heterocycles. The molecular formula is C7H8ClF3N2O3S. The molecule has 0 aliphatic carbocycles. The van der Waals surface area contributed by atoms with Crippen LogP contribution < -0.4 is 0 Å². The van der Waals surface area contributed by atoms with Crippen molar-refractivity contribution in [3.63, 3.8) is 0 Å². The molecule has 0 spiro atoms. The standard InChI is InChI=1S/C7H8ClF3N2O3S/c8-17(14,15)6-3-12-13(4-6)1-2-16-5-7(9,10)11/h3-4H,1-2,5H2. The van der Waals surface area contributed by atoms with Crippen LogP contribution in [-0.2, 0) is 20.3 Å². The lowest BCUT2D eigenvalue weighted by atomic mass is 10.6. The van der Waals surface area contributed by atoms with E-state index in [2.05, 4.69) is 9.84 Å². The van der Waals surface area contributed by atoms with E-state index in [1.54, 1.807) is 0 Å². The molecule has 98 valence electrons. The molecule has 17 heavy (non-hydrogen) atoms. The molecule has 1 heterocycles. The van der Waals surface area contributed by atoms with Gasteiger partial charge in [-0.1, -0.05) is 0 Å². The smallest absolute Gasteiger partial charge is 0.370 e. The van der Waals surface area contributed by atoms with E-state index in [1.807, 2.05) is 0 Å². The summed E-state index contributed by atoms with van der Waals surface area (Å²) in [6, 6.07) is 0. The predicted molar refractivity (Wildman–Crippen MR) is 52.1 cm³/mol. The van der Waals surface area contributed by atoms with Crippen LogP contribution in [0.2, 0.25) is 0 Å². The van der Waals surface area contributed by atoms with Gasteiger partial charge in [0.15, 0.2) is 0 Å². The maximum Gasteiger partial charge on any atom is 0.411 e. The van der Waals surface area contributed by atoms with Gasteiger partial charge in [-0.2, -0.15) is 18.3 Å². The minimum Gasteiger partial charge on any atom is -0.370 e. The highest BCUT2D eigenvalue weighted by Gasteiger charge is 2.27. The van der Waals surface area contributed by atoms with Crippen LogP contribution in [0.3, 0.4) is 0 Å². The number of aromatic nitrogens is 2. The SMILES string of the molecule is O=S(=O)(Cl)c1cnn(CCOCC(F)(F)F)c1. The first-order valence-corrected chi connectivity index (χ1v) is 6.61. The second-order valence-electron chi connectivity index (χ2n) is 3.04. The Morgan fingerprint density at radius 1 is 1.47 bits per heavy atom. The third-order valence-electron chi connectivity index (χ3n) is 1.62. The van der Waals surface area contributed by atoms with Crippen molar-refractivity contribution in [2.75, 3.05) is 13.2 Å². The van der Waals surface area contributed by atoms with Crippen LogP contribution in [0.15, 0.2) is 17.3 Å². The van der Waals surface area contributed by atoms with Gasteiger partial charge in [0, 0.05) is 16.9 Å². The summed E-state index contributed by atoms with van der Waals surface area (Å²) in [6.45, 7) is -1.58. The van der Waals surface area contributed by atoms with E-state index in [0.29, 0.717) is 0 Å². The van der Waals surface area contributed by atoms with Gasteiger partial charge < -0.3 is 4.74 Å². The molecule has 0 radical (unpaired) electrons. The molecule has 0 saturated heterocycles. The molecule has 0 N–H and O–H groups in total. The van der Waals surface area contributed by atoms with Crippen LogP contribution in [-0.4, -0.2) is 37.6 Å². The zero-order chi connectivity index (χ0) is 13.1. The molecule has 0 saturated carbocycles. The van der Waals surface area contributed by atoms with E-state index in [4.69, 9.17) is 10.7 Å². The first kappa shape index (κ1) is 14.3. The Kier molecular flexibility index (Phi) is 4.39. The van der Waals surface area contributed by atoms with Crippen molar-refractivity contribution in [2.24, 2.45) is 0 Å². The number of alkyl halides is 3. The maximum absolute atomic E-state index is 11.7. The summed E-state index contributed by atoms with van der Waals surface area (Å²) in [5, 5.41) is 3.61. The second kappa shape index (κ2) is 5.23. The highest BCUT2D eigenvalue weighted by molar-refractivity contribution is 8.13. The lowest BCUT2D eigenvalue weighted by Crippen LogP contribution is -2.19. The summed E-state index contributed by atoms with van der Waals surface area (Å²) >= 11 is 0. The molecule has 0 amide bonds. The van der Waals surface area contributed by atoms with Crippen molar-refractivity contribution >= 4 is 19.7 Å². The Morgan fingerprint density at radius 2 is 2.12 bits per heavy atom. The summed E-state index contributed by atoms with van der Waals surface area (Å²) < 4.78 is 62.2. The molecule has 0 aliphatic rings. The van der Waals surface area contributed by atoms with Gasteiger partial charge in [0.25, 0.3) is 9.05 Å². The van der Waals surface area contributed by atoms with E-state index in [1.165, 1.54) is 0 Å². The molecule has 0 bridgehead atoms. The number of halogens is 4. The van der Waals surface area contributed by atoms with Gasteiger partial charge in [-0.15, -0.1) is 0 Å². The highest BCUT2D eigenvalue weighted by Crippen LogP contribution is 2.15. The van der Waals surface area contributed by atoms with Gasteiger partial charge in [-0.3, -0.25) is 4.68 Å². The molecule has 0 aromatic carbocycles. The normalized spacial score (nSPS) is 12.9. The Labute approximate surface area is 99.5 Å². The molecule has 1 aromatic rings. The third-order valence-corrected chi connectivity index (χ3v) is 2.93. The molecular weight excluding hydrogens is 285 g/mol. The first-order chi connectivity index (χ1) is 7.68. The largest absolute Gasteiger partial charge is 0.411 e. The van der Waals surface area contributed by atoms with E-state index >= 15 is 0 Å². The van der Waals surface area contributed by atoms with Gasteiger partial charge in [-0.05, 0) is 0 Å². The summed E-state index contributed by atoms with van der Waals surface area (Å²) in [5.74, 6) is 0. The number of hydrogen-bond acceptors (Lipinski definition) is 4. The average Bonchev–Trinajstić information content (AvgIpc) is 2.58. The van der Waals surface area contributed by atoms with Gasteiger partial charge >= 0.3 is 6.18 Å². The monoisotopic (exact) mass is 292 g/mol. The lowest BCUT2D eigenvalue weighted by Gasteiger charge is -2.07. The first-order valence-electron chi connectivity index (χ1n) is 4.30. The van der Waals surface area contributed by atoms with Crippen LogP contribution in [0, 0.1) is 0 Å². The summed E-state index contributed by atoms with van der Waals surface area (Å²) in [4.78, 5) is -0.213. The van der Waals surface area contributed by atoms with Crippen molar-refractivity contribution in [1.82, 2.24) is 9.78 Å². The van der Waals surface area contributed by atoms with E-state index in [0.717, 1.165) is 17.1 Å². The Hall–Kier alpha value is -0.800. The Balaban J connectivity index is 2.41. The molecule has 0 atom stereocenters. The fourth-order valence-electron chi connectivity index (χ4n) is 0.939. The topological polar surface area (TPSA) is 61.2 Å². The van der Waals surface area contributed by atoms with Crippen LogP contribution in [0.25, 0.3) is 0 Å². The Bertz CT molecular complexity index is 471. The molecule has 0 fully saturated rings. The summed E-state index contributed by atoms with van der Waals surface area (Å²) in [6.07, 6.45) is -2.26. The van der Waals surface area contributed by atoms with Crippen molar-refractivity contribution < 1.29 is 26.3 Å². The van der Waals surface area contributed by atoms with Crippen molar-refractivity contribution in [2.45, 2.75) is 17.6 Å². The third kappa shape index (κ3) is 5.37. The van der Waals surface area contributed by atoms with Gasteiger partial charge in [-0.25, -0.2) is 8.42 Å². The minimum atomic E-state index is -4.38. The zero-order valence-corrected chi connectivity index (χ0v) is 9.89. The highest BCUT2D eigenvalue weighted by atomic mass is 35.7. The zero-order valence-electron chi connectivity index (χ0n) is 8.32. The Morgan fingerprint density at radius 3 is 2.59 bits per heavy atom. The number of rotatable bonds is 5. The molecule has 0 aliphatic heterocycles. The van der Waals surface area contributed by atoms with E-state index in [9.17, 15) is 21.6 Å². The quantitative estimate of drug-likeness (QED) is 0.608. The molecule has 1 rings (SSSR count). The number of nitrogens with zero attached hydrogens (tertiary/aromatic N) is 2. The van der Waals surface area contributed by atoms with E-state index < -0.39 is 21.8 Å². The van der Waals surface area contributed by atoms with Crippen LogP contribution in [0.1, 0.15) is 0 Å². The van der Waals surface area contributed by atoms with E-state index in [-0.39, 0.29) is 18.0 Å². The molecule has 5 nitrogen and oxygen atoms in total. The predicted octanol–water partition coefficient (Wildman–Crippen LogP) is 1.39. The van der Waals surface area contributed by atoms with Gasteiger partial charge in [0.2, 0.25) is 0 Å². The lowest BCUT2D eigenvalue weighted by molar-refractivity contribution is -0.174. The van der Waals surface area contributed by atoms with Gasteiger partial charge in [0.1, 0.15) is 11.5 Å². The maximum atomic E-state index is 11.7. The number of hydrogen-bond donors (Lipinski definition) is 0. The summed E-state index contributed by atoms with van der Waals surface area (Å²) in [5.41, 5.74) is 0. The summed E-state index contributed by atoms with van der Waals surface area (Å²) in [7, 11) is 1.16. The van der Waals surface area contributed by atoms with Gasteiger partial charge in [0.05, 0.1) is 19.3 Å². The second-order valence-corrected chi connectivity index (χ2v) is 5.61. The van der Waals surface area contributed by atoms with Crippen molar-refractivity contribution in [1.29, 1.82) is 0 Å². The van der Waals surface area contributed by atoms with Crippen molar-refractivity contribution in [3.05, 3.63) is 12.4 Å².